The molecule has 0 radical (unpaired) electrons. The number of rotatable bonds is 9. The van der Waals surface area contributed by atoms with Gasteiger partial charge in [-0.3, -0.25) is 9.59 Å². The maximum atomic E-state index is 12.5. The molecule has 7 heteroatoms. The average Bonchev–Trinajstić information content (AvgIpc) is 3.02. The smallest absolute Gasteiger partial charge is 0.276 e. The molecule has 0 fully saturated rings. The van der Waals surface area contributed by atoms with Crippen LogP contribution >= 0.6 is 0 Å². The van der Waals surface area contributed by atoms with Gasteiger partial charge in [-0.15, -0.1) is 0 Å². The van der Waals surface area contributed by atoms with E-state index in [4.69, 9.17) is 0 Å². The number of carbonyl (C=O) groups excluding carboxylic acids is 1. The van der Waals surface area contributed by atoms with Crippen LogP contribution in [0.2, 0.25) is 0 Å². The van der Waals surface area contributed by atoms with Crippen LogP contribution in [-0.4, -0.2) is 32.0 Å². The highest BCUT2D eigenvalue weighted by Gasteiger charge is 2.10. The Balaban J connectivity index is 0.000000385. The Hall–Kier alpha value is -4.91. The van der Waals surface area contributed by atoms with E-state index in [-0.39, 0.29) is 11.5 Å². The fourth-order valence-electron chi connectivity index (χ4n) is 4.44. The van der Waals surface area contributed by atoms with Crippen LogP contribution in [-0.2, 0) is 19.3 Å². The van der Waals surface area contributed by atoms with E-state index < -0.39 is 0 Å². The van der Waals surface area contributed by atoms with Crippen molar-refractivity contribution in [3.05, 3.63) is 153 Å². The topological polar surface area (TPSA) is 89.8 Å². The van der Waals surface area contributed by atoms with Crippen molar-refractivity contribution in [2.24, 2.45) is 0 Å². The number of aryl methyl sites for hydroxylation is 4. The van der Waals surface area contributed by atoms with Crippen molar-refractivity contribution in [1.29, 1.82) is 0 Å². The molecule has 5 rings (SSSR count). The molecule has 1 amide bonds. The summed E-state index contributed by atoms with van der Waals surface area (Å²) >= 11 is 0. The number of hydrogen-bond acceptors (Lipinski definition) is 5. The minimum Gasteiger partial charge on any atom is -0.352 e. The van der Waals surface area contributed by atoms with Gasteiger partial charge in [-0.1, -0.05) is 67.1 Å². The number of aromatic nitrogens is 4. The molecule has 0 aliphatic rings. The Morgan fingerprint density at radius 1 is 0.833 bits per heavy atom. The number of nitrogens with one attached hydrogen (secondary N) is 1. The van der Waals surface area contributed by atoms with Gasteiger partial charge >= 0.3 is 0 Å². The maximum Gasteiger partial charge on any atom is 0.276 e. The minimum absolute atomic E-state index is 0.103. The zero-order valence-corrected chi connectivity index (χ0v) is 24.5. The molecule has 7 nitrogen and oxygen atoms in total. The molecule has 0 bridgehead atoms. The number of carbonyl (C=O) groups is 1. The van der Waals surface area contributed by atoms with Gasteiger partial charge in [0.15, 0.2) is 0 Å². The lowest BCUT2D eigenvalue weighted by Crippen LogP contribution is -2.24. The van der Waals surface area contributed by atoms with Gasteiger partial charge in [-0.2, -0.15) is 4.98 Å². The molecule has 2 heterocycles. The molecule has 2 aromatic heterocycles. The summed E-state index contributed by atoms with van der Waals surface area (Å²) in [4.78, 5) is 37.0. The molecule has 214 valence electrons. The van der Waals surface area contributed by atoms with Crippen molar-refractivity contribution in [2.75, 3.05) is 6.54 Å². The standard InChI is InChI=1S/C26H25N5O2.C9H12/c1-19-30-26(33)23(14-21-15-27-18-28-16-21)17-31(19)24-11-9-22(10-12-24)25(32)29-13-5-8-20-6-3-2-4-7-20;1-3-9-6-4-8(2)5-7-9/h2-4,6-7,9-12,15-18H,5,8,13-14H2,1H3,(H,29,32);4-7H,3H2,1-2H3. The largest absolute Gasteiger partial charge is 0.352 e. The highest BCUT2D eigenvalue weighted by atomic mass is 16.1. The van der Waals surface area contributed by atoms with E-state index in [1.54, 1.807) is 37.6 Å². The van der Waals surface area contributed by atoms with Crippen LogP contribution in [0.15, 0.2) is 109 Å². The third kappa shape index (κ3) is 8.80. The lowest BCUT2D eigenvalue weighted by molar-refractivity contribution is 0.0953. The van der Waals surface area contributed by atoms with Crippen LogP contribution in [0.1, 0.15) is 57.3 Å². The van der Waals surface area contributed by atoms with Gasteiger partial charge in [0.25, 0.3) is 11.5 Å². The number of amides is 1. The summed E-state index contributed by atoms with van der Waals surface area (Å²) < 4.78 is 1.85. The Bertz CT molecular complexity index is 1620. The van der Waals surface area contributed by atoms with Crippen LogP contribution < -0.4 is 10.9 Å². The Kier molecular flexibility index (Phi) is 10.9. The van der Waals surface area contributed by atoms with Gasteiger partial charge in [-0.25, -0.2) is 9.97 Å². The van der Waals surface area contributed by atoms with Gasteiger partial charge in [0.1, 0.15) is 12.2 Å². The van der Waals surface area contributed by atoms with E-state index >= 15 is 0 Å². The first-order chi connectivity index (χ1) is 20.4. The Labute approximate surface area is 247 Å². The zero-order valence-electron chi connectivity index (χ0n) is 24.5. The molecular weight excluding hydrogens is 522 g/mol. The second-order valence-corrected chi connectivity index (χ2v) is 10.1. The molecule has 0 saturated heterocycles. The van der Waals surface area contributed by atoms with Crippen molar-refractivity contribution < 1.29 is 4.79 Å². The summed E-state index contributed by atoms with van der Waals surface area (Å²) in [5.41, 5.74) is 6.56. The molecular formula is C35H37N5O2. The molecule has 0 saturated carbocycles. The van der Waals surface area contributed by atoms with E-state index in [0.29, 0.717) is 29.9 Å². The number of benzene rings is 3. The molecule has 0 atom stereocenters. The maximum absolute atomic E-state index is 12.5. The first kappa shape index (κ1) is 30.1. The zero-order chi connectivity index (χ0) is 29.7. The molecule has 3 aromatic carbocycles. The summed E-state index contributed by atoms with van der Waals surface area (Å²) in [6.45, 7) is 6.68. The lowest BCUT2D eigenvalue weighted by Gasteiger charge is -2.12. The van der Waals surface area contributed by atoms with Gasteiger partial charge in [0.05, 0.1) is 0 Å². The third-order valence-corrected chi connectivity index (χ3v) is 6.89. The SMILES string of the molecule is CCc1ccc(C)cc1.Cc1nc(=O)c(Cc2cncnc2)cn1-c1ccc(C(=O)NCCCc2ccccc2)cc1. The summed E-state index contributed by atoms with van der Waals surface area (Å²) in [7, 11) is 0. The normalized spacial score (nSPS) is 10.5. The quantitative estimate of drug-likeness (QED) is 0.229. The van der Waals surface area contributed by atoms with Gasteiger partial charge in [0, 0.05) is 48.4 Å². The first-order valence-electron chi connectivity index (χ1n) is 14.2. The molecule has 0 aliphatic carbocycles. The van der Waals surface area contributed by atoms with Crippen LogP contribution in [0.25, 0.3) is 5.69 Å². The van der Waals surface area contributed by atoms with Crippen LogP contribution in [0.4, 0.5) is 0 Å². The fourth-order valence-corrected chi connectivity index (χ4v) is 4.44. The van der Waals surface area contributed by atoms with Crippen molar-refractivity contribution in [3.8, 4) is 5.69 Å². The van der Waals surface area contributed by atoms with Crippen molar-refractivity contribution >= 4 is 5.91 Å². The van der Waals surface area contributed by atoms with E-state index in [9.17, 15) is 9.59 Å². The predicted octanol–water partition coefficient (Wildman–Crippen LogP) is 5.84. The molecule has 42 heavy (non-hydrogen) atoms. The van der Waals surface area contributed by atoms with Gasteiger partial charge in [-0.05, 0) is 74.1 Å². The number of nitrogens with zero attached hydrogens (tertiary/aromatic N) is 4. The first-order valence-corrected chi connectivity index (χ1v) is 14.2. The molecule has 1 N–H and O–H groups in total. The molecule has 0 unspecified atom stereocenters. The Morgan fingerprint density at radius 3 is 2.19 bits per heavy atom. The molecule has 0 spiro atoms. The van der Waals surface area contributed by atoms with Gasteiger partial charge < -0.3 is 9.88 Å². The van der Waals surface area contributed by atoms with E-state index in [1.807, 2.05) is 34.9 Å². The second kappa shape index (κ2) is 15.2. The second-order valence-electron chi connectivity index (χ2n) is 10.1. The monoisotopic (exact) mass is 559 g/mol. The van der Waals surface area contributed by atoms with Crippen LogP contribution in [0.3, 0.4) is 0 Å². The summed E-state index contributed by atoms with van der Waals surface area (Å²) in [6, 6.07) is 26.2. The number of hydrogen-bond donors (Lipinski definition) is 1. The van der Waals surface area contributed by atoms with Crippen LogP contribution in [0.5, 0.6) is 0 Å². The highest BCUT2D eigenvalue weighted by molar-refractivity contribution is 5.94. The summed E-state index contributed by atoms with van der Waals surface area (Å²) in [5, 5.41) is 2.97. The highest BCUT2D eigenvalue weighted by Crippen LogP contribution is 2.13. The van der Waals surface area contributed by atoms with Gasteiger partial charge in [0.2, 0.25) is 0 Å². The van der Waals surface area contributed by atoms with E-state index in [0.717, 1.165) is 30.5 Å². The third-order valence-electron chi connectivity index (χ3n) is 6.89. The molecule has 5 aromatic rings. The van der Waals surface area contributed by atoms with Crippen molar-refractivity contribution in [2.45, 2.75) is 46.5 Å². The average molecular weight is 560 g/mol. The Morgan fingerprint density at radius 2 is 1.52 bits per heavy atom. The minimum atomic E-state index is -0.265. The van der Waals surface area contributed by atoms with E-state index in [2.05, 4.69) is 70.5 Å². The van der Waals surface area contributed by atoms with Crippen molar-refractivity contribution in [3.63, 3.8) is 0 Å². The predicted molar refractivity (Wildman–Crippen MR) is 167 cm³/mol. The molecule has 0 aliphatic heterocycles. The summed E-state index contributed by atoms with van der Waals surface area (Å²) in [5.74, 6) is 0.473. The van der Waals surface area contributed by atoms with E-state index in [1.165, 1.54) is 23.0 Å². The van der Waals surface area contributed by atoms with Crippen LogP contribution in [0, 0.1) is 13.8 Å². The lowest BCUT2D eigenvalue weighted by atomic mass is 10.1. The van der Waals surface area contributed by atoms with Crippen molar-refractivity contribution in [1.82, 2.24) is 24.8 Å². The fraction of sp³-hybridized carbons (Fsp3) is 0.229. The summed E-state index contributed by atoms with van der Waals surface area (Å²) in [6.07, 6.45) is 9.96.